The highest BCUT2D eigenvalue weighted by molar-refractivity contribution is 7.99. The van der Waals surface area contributed by atoms with Gasteiger partial charge in [0.05, 0.1) is 14.2 Å². The standard InChI is InChI=1S/C19H24N4O3S/c1-25-16-10-15(11-17(12-16)26-2)22-19(24)21-13-14-3-4-20-18(9-14)23-5-7-27-8-6-23/h3-4,9-12H,5-8,13H2,1-2H3,(H2,21,22,24). The van der Waals surface area contributed by atoms with Crippen molar-refractivity contribution in [1.82, 2.24) is 10.3 Å². The monoisotopic (exact) mass is 388 g/mol. The van der Waals surface area contributed by atoms with Gasteiger partial charge in [-0.15, -0.1) is 0 Å². The molecule has 1 aliphatic rings. The normalized spacial score (nSPS) is 13.8. The lowest BCUT2D eigenvalue weighted by Crippen LogP contribution is -2.33. The highest BCUT2D eigenvalue weighted by Gasteiger charge is 2.13. The number of anilines is 2. The minimum Gasteiger partial charge on any atom is -0.497 e. The number of urea groups is 1. The maximum absolute atomic E-state index is 12.2. The van der Waals surface area contributed by atoms with Gasteiger partial charge >= 0.3 is 6.03 Å². The second-order valence-corrected chi connectivity index (χ2v) is 7.26. The number of amides is 2. The van der Waals surface area contributed by atoms with Gasteiger partial charge in [0.25, 0.3) is 0 Å². The Kier molecular flexibility index (Phi) is 6.64. The van der Waals surface area contributed by atoms with Crippen LogP contribution in [-0.2, 0) is 6.54 Å². The van der Waals surface area contributed by atoms with Crippen LogP contribution in [0.2, 0.25) is 0 Å². The van der Waals surface area contributed by atoms with E-state index in [0.717, 1.165) is 36.0 Å². The van der Waals surface area contributed by atoms with Crippen LogP contribution in [0.4, 0.5) is 16.3 Å². The van der Waals surface area contributed by atoms with Crippen molar-refractivity contribution in [1.29, 1.82) is 0 Å². The molecule has 1 aliphatic heterocycles. The van der Waals surface area contributed by atoms with Gasteiger partial charge in [-0.25, -0.2) is 9.78 Å². The second-order valence-electron chi connectivity index (χ2n) is 6.03. The third-order valence-electron chi connectivity index (χ3n) is 4.21. The Hall–Kier alpha value is -2.61. The number of aromatic nitrogens is 1. The molecule has 0 bridgehead atoms. The van der Waals surface area contributed by atoms with Crippen LogP contribution in [0.3, 0.4) is 0 Å². The number of nitrogens with one attached hydrogen (secondary N) is 2. The van der Waals surface area contributed by atoms with Crippen molar-refractivity contribution in [3.63, 3.8) is 0 Å². The van der Waals surface area contributed by atoms with Gasteiger partial charge < -0.3 is 25.0 Å². The van der Waals surface area contributed by atoms with Crippen LogP contribution < -0.4 is 25.0 Å². The molecular formula is C19H24N4O3S. The van der Waals surface area contributed by atoms with E-state index in [-0.39, 0.29) is 6.03 Å². The van der Waals surface area contributed by atoms with E-state index in [1.54, 1.807) is 38.6 Å². The molecule has 2 heterocycles. The molecule has 144 valence electrons. The maximum atomic E-state index is 12.2. The molecule has 7 nitrogen and oxygen atoms in total. The van der Waals surface area contributed by atoms with Gasteiger partial charge in [0, 0.05) is 61.2 Å². The van der Waals surface area contributed by atoms with Crippen LogP contribution in [0, 0.1) is 0 Å². The molecule has 0 radical (unpaired) electrons. The molecular weight excluding hydrogens is 364 g/mol. The summed E-state index contributed by atoms with van der Waals surface area (Å²) in [6, 6.07) is 8.88. The number of ether oxygens (including phenoxy) is 2. The molecule has 3 rings (SSSR count). The predicted octanol–water partition coefficient (Wildman–Crippen LogP) is 2.97. The summed E-state index contributed by atoms with van der Waals surface area (Å²) in [6.07, 6.45) is 1.79. The zero-order chi connectivity index (χ0) is 19.1. The van der Waals surface area contributed by atoms with Crippen LogP contribution in [-0.4, -0.2) is 49.8 Å². The Labute approximate surface area is 163 Å². The number of rotatable bonds is 6. The number of nitrogens with zero attached hydrogens (tertiary/aromatic N) is 2. The number of hydrogen-bond donors (Lipinski definition) is 2. The van der Waals surface area contributed by atoms with E-state index in [1.807, 2.05) is 23.9 Å². The lowest BCUT2D eigenvalue weighted by molar-refractivity contribution is 0.251. The molecule has 0 atom stereocenters. The van der Waals surface area contributed by atoms with Gasteiger partial charge in [-0.1, -0.05) is 0 Å². The molecule has 0 spiro atoms. The fourth-order valence-electron chi connectivity index (χ4n) is 2.77. The molecule has 1 fully saturated rings. The van der Waals surface area contributed by atoms with Crippen LogP contribution in [0.5, 0.6) is 11.5 Å². The summed E-state index contributed by atoms with van der Waals surface area (Å²) < 4.78 is 10.4. The van der Waals surface area contributed by atoms with Crippen molar-refractivity contribution in [3.8, 4) is 11.5 Å². The van der Waals surface area contributed by atoms with Crippen molar-refractivity contribution in [2.45, 2.75) is 6.54 Å². The summed E-state index contributed by atoms with van der Waals surface area (Å²) in [6.45, 7) is 2.43. The molecule has 1 aromatic carbocycles. The summed E-state index contributed by atoms with van der Waals surface area (Å²) in [5, 5.41) is 5.67. The maximum Gasteiger partial charge on any atom is 0.319 e. The minimum absolute atomic E-state index is 0.293. The van der Waals surface area contributed by atoms with Gasteiger partial charge in [-0.2, -0.15) is 11.8 Å². The molecule has 0 saturated carbocycles. The highest BCUT2D eigenvalue weighted by Crippen LogP contribution is 2.25. The number of benzene rings is 1. The van der Waals surface area contributed by atoms with E-state index >= 15 is 0 Å². The first kappa shape index (κ1) is 19.2. The number of carbonyl (C=O) groups excluding carboxylic acids is 1. The molecule has 2 amide bonds. The van der Waals surface area contributed by atoms with Crippen molar-refractivity contribution < 1.29 is 14.3 Å². The average molecular weight is 388 g/mol. The van der Waals surface area contributed by atoms with Crippen molar-refractivity contribution in [3.05, 3.63) is 42.1 Å². The fraction of sp³-hybridized carbons (Fsp3) is 0.368. The van der Waals surface area contributed by atoms with Crippen molar-refractivity contribution >= 4 is 29.3 Å². The molecule has 27 heavy (non-hydrogen) atoms. The summed E-state index contributed by atoms with van der Waals surface area (Å²) >= 11 is 1.97. The van der Waals surface area contributed by atoms with Gasteiger partial charge in [-0.3, -0.25) is 0 Å². The Balaban J connectivity index is 1.58. The molecule has 2 N–H and O–H groups in total. The number of thioether (sulfide) groups is 1. The third-order valence-corrected chi connectivity index (χ3v) is 5.15. The zero-order valence-electron chi connectivity index (χ0n) is 15.5. The zero-order valence-corrected chi connectivity index (χ0v) is 16.3. The summed E-state index contributed by atoms with van der Waals surface area (Å²) in [7, 11) is 3.14. The molecule has 0 unspecified atom stereocenters. The second kappa shape index (κ2) is 9.36. The summed E-state index contributed by atoms with van der Waals surface area (Å²) in [4.78, 5) is 19.0. The molecule has 8 heteroatoms. The molecule has 2 aromatic rings. The molecule has 1 aromatic heterocycles. The number of methoxy groups -OCH3 is 2. The predicted molar refractivity (Wildman–Crippen MR) is 109 cm³/mol. The highest BCUT2D eigenvalue weighted by atomic mass is 32.2. The Morgan fingerprint density at radius 2 is 1.85 bits per heavy atom. The van der Waals surface area contributed by atoms with E-state index in [0.29, 0.717) is 23.7 Å². The van der Waals surface area contributed by atoms with Crippen LogP contribution in [0.25, 0.3) is 0 Å². The summed E-state index contributed by atoms with van der Waals surface area (Å²) in [5.74, 6) is 4.44. The van der Waals surface area contributed by atoms with Crippen molar-refractivity contribution in [2.75, 3.05) is 49.0 Å². The van der Waals surface area contributed by atoms with E-state index in [2.05, 4.69) is 20.5 Å². The number of carbonyl (C=O) groups is 1. The van der Waals surface area contributed by atoms with E-state index in [1.165, 1.54) is 0 Å². The first-order chi connectivity index (χ1) is 13.2. The largest absolute Gasteiger partial charge is 0.497 e. The quantitative estimate of drug-likeness (QED) is 0.792. The van der Waals surface area contributed by atoms with Crippen LogP contribution in [0.15, 0.2) is 36.5 Å². The Morgan fingerprint density at radius 3 is 2.52 bits per heavy atom. The van der Waals surface area contributed by atoms with E-state index in [9.17, 15) is 4.79 Å². The summed E-state index contributed by atoms with van der Waals surface area (Å²) in [5.41, 5.74) is 1.61. The Morgan fingerprint density at radius 1 is 1.15 bits per heavy atom. The fourth-order valence-corrected chi connectivity index (χ4v) is 3.68. The van der Waals surface area contributed by atoms with Crippen LogP contribution in [0.1, 0.15) is 5.56 Å². The SMILES string of the molecule is COc1cc(NC(=O)NCc2ccnc(N3CCSCC3)c2)cc(OC)c1. The third kappa shape index (κ3) is 5.43. The minimum atomic E-state index is -0.293. The lowest BCUT2D eigenvalue weighted by Gasteiger charge is -2.27. The smallest absolute Gasteiger partial charge is 0.319 e. The molecule has 0 aliphatic carbocycles. The van der Waals surface area contributed by atoms with Crippen molar-refractivity contribution in [2.24, 2.45) is 0 Å². The number of hydrogen-bond acceptors (Lipinski definition) is 6. The van der Waals surface area contributed by atoms with Gasteiger partial charge in [0.15, 0.2) is 0 Å². The van der Waals surface area contributed by atoms with Gasteiger partial charge in [0.2, 0.25) is 0 Å². The van der Waals surface area contributed by atoms with E-state index < -0.39 is 0 Å². The van der Waals surface area contributed by atoms with E-state index in [4.69, 9.17) is 9.47 Å². The topological polar surface area (TPSA) is 75.7 Å². The number of pyridine rings is 1. The first-order valence-corrected chi connectivity index (χ1v) is 9.89. The van der Waals surface area contributed by atoms with Gasteiger partial charge in [0.1, 0.15) is 17.3 Å². The van der Waals surface area contributed by atoms with Crippen LogP contribution >= 0.6 is 11.8 Å². The average Bonchev–Trinajstić information content (AvgIpc) is 2.72. The first-order valence-electron chi connectivity index (χ1n) is 8.73. The molecule has 1 saturated heterocycles. The van der Waals surface area contributed by atoms with Gasteiger partial charge in [-0.05, 0) is 17.7 Å². The lowest BCUT2D eigenvalue weighted by atomic mass is 10.2. The Bertz CT molecular complexity index is 759.